The Morgan fingerprint density at radius 2 is 2.17 bits per heavy atom. The van der Waals surface area contributed by atoms with Crippen LogP contribution in [0.4, 0.5) is 0 Å². The van der Waals surface area contributed by atoms with Gasteiger partial charge in [0.25, 0.3) is 0 Å². The number of ether oxygens (including phenoxy) is 1. The predicted octanol–water partition coefficient (Wildman–Crippen LogP) is 2.77. The molecule has 0 aromatic heterocycles. The van der Waals surface area contributed by atoms with Crippen LogP contribution in [0.1, 0.15) is 51.9 Å². The first-order chi connectivity index (χ1) is 11.2. The summed E-state index contributed by atoms with van der Waals surface area (Å²) in [6.45, 7) is 5.93. The third-order valence-corrected chi connectivity index (χ3v) is 5.57. The largest absolute Gasteiger partial charge is 0.396 e. The molecule has 1 saturated heterocycles. The van der Waals surface area contributed by atoms with Gasteiger partial charge in [0.05, 0.1) is 6.61 Å². The van der Waals surface area contributed by atoms with Gasteiger partial charge < -0.3 is 20.5 Å². The Labute approximate surface area is 164 Å². The third kappa shape index (κ3) is 7.04. The number of halogens is 1. The summed E-state index contributed by atoms with van der Waals surface area (Å²) in [7, 11) is 1.82. The molecular formula is C18H36IN3O2. The van der Waals surface area contributed by atoms with Crippen molar-refractivity contribution in [2.45, 2.75) is 51.9 Å². The van der Waals surface area contributed by atoms with Gasteiger partial charge in [-0.2, -0.15) is 0 Å². The Kier molecular flexibility index (Phi) is 10.5. The van der Waals surface area contributed by atoms with Crippen LogP contribution in [-0.2, 0) is 4.74 Å². The van der Waals surface area contributed by atoms with Crippen LogP contribution in [0.3, 0.4) is 0 Å². The average molecular weight is 453 g/mol. The zero-order valence-corrected chi connectivity index (χ0v) is 17.7. The van der Waals surface area contributed by atoms with Gasteiger partial charge in [-0.1, -0.05) is 26.2 Å². The van der Waals surface area contributed by atoms with Crippen LogP contribution < -0.4 is 10.6 Å². The molecule has 0 bridgehead atoms. The zero-order chi connectivity index (χ0) is 16.5. The normalized spacial score (nSPS) is 30.7. The van der Waals surface area contributed by atoms with Crippen molar-refractivity contribution in [3.8, 4) is 0 Å². The number of nitrogens with one attached hydrogen (secondary N) is 2. The van der Waals surface area contributed by atoms with Crippen molar-refractivity contribution >= 4 is 29.9 Å². The fraction of sp³-hybridized carbons (Fsp3) is 0.944. The molecule has 3 N–H and O–H groups in total. The van der Waals surface area contributed by atoms with Gasteiger partial charge in [-0.3, -0.25) is 4.99 Å². The maximum atomic E-state index is 9.29. The van der Waals surface area contributed by atoms with Crippen LogP contribution in [-0.4, -0.2) is 51.0 Å². The molecule has 0 spiro atoms. The summed E-state index contributed by atoms with van der Waals surface area (Å²) >= 11 is 0. The lowest BCUT2D eigenvalue weighted by molar-refractivity contribution is 0.127. The minimum absolute atomic E-state index is 0. The van der Waals surface area contributed by atoms with Crippen molar-refractivity contribution in [3.05, 3.63) is 0 Å². The van der Waals surface area contributed by atoms with Crippen molar-refractivity contribution in [2.24, 2.45) is 22.2 Å². The maximum absolute atomic E-state index is 9.29. The van der Waals surface area contributed by atoms with E-state index in [1.807, 2.05) is 7.05 Å². The van der Waals surface area contributed by atoms with Gasteiger partial charge in [-0.15, -0.1) is 24.0 Å². The number of hydrogen-bond acceptors (Lipinski definition) is 3. The summed E-state index contributed by atoms with van der Waals surface area (Å²) in [5.41, 5.74) is 0.0607. The molecule has 3 atom stereocenters. The molecule has 2 fully saturated rings. The summed E-state index contributed by atoms with van der Waals surface area (Å²) in [5.74, 6) is 2.64. The number of nitrogens with zero attached hydrogens (tertiary/aromatic N) is 1. The Balaban J connectivity index is 0.00000288. The molecule has 1 aliphatic heterocycles. The summed E-state index contributed by atoms with van der Waals surface area (Å²) in [6.07, 6.45) is 8.59. The number of hydrogen-bond donors (Lipinski definition) is 3. The molecule has 1 saturated carbocycles. The second-order valence-electron chi connectivity index (χ2n) is 7.56. The van der Waals surface area contributed by atoms with Crippen LogP contribution in [0.15, 0.2) is 4.99 Å². The molecule has 0 amide bonds. The van der Waals surface area contributed by atoms with Gasteiger partial charge in [-0.25, -0.2) is 0 Å². The molecule has 2 aliphatic rings. The molecule has 0 aromatic carbocycles. The Hall–Kier alpha value is -0.0800. The molecule has 0 radical (unpaired) electrons. The second kappa shape index (κ2) is 11.5. The number of aliphatic hydroxyl groups is 1. The van der Waals surface area contributed by atoms with Crippen LogP contribution >= 0.6 is 24.0 Å². The minimum atomic E-state index is 0. The smallest absolute Gasteiger partial charge is 0.190 e. The first-order valence-electron chi connectivity index (χ1n) is 9.30. The lowest BCUT2D eigenvalue weighted by Gasteiger charge is -2.28. The van der Waals surface area contributed by atoms with Crippen LogP contribution in [0.5, 0.6) is 0 Å². The number of aliphatic hydroxyl groups excluding tert-OH is 1. The number of aliphatic imine (C=N–C) groups is 1. The maximum Gasteiger partial charge on any atom is 0.190 e. The fourth-order valence-electron chi connectivity index (χ4n) is 4.02. The summed E-state index contributed by atoms with van der Waals surface area (Å²) < 4.78 is 5.54. The van der Waals surface area contributed by atoms with Gasteiger partial charge in [0.2, 0.25) is 0 Å². The van der Waals surface area contributed by atoms with Crippen molar-refractivity contribution in [1.82, 2.24) is 10.6 Å². The van der Waals surface area contributed by atoms with Crippen molar-refractivity contribution in [3.63, 3.8) is 0 Å². The van der Waals surface area contributed by atoms with E-state index in [-0.39, 0.29) is 36.0 Å². The van der Waals surface area contributed by atoms with Crippen molar-refractivity contribution in [1.29, 1.82) is 0 Å². The quantitative estimate of drug-likeness (QED) is 0.315. The van der Waals surface area contributed by atoms with E-state index in [0.29, 0.717) is 0 Å². The van der Waals surface area contributed by atoms with E-state index in [9.17, 15) is 5.11 Å². The van der Waals surface area contributed by atoms with Crippen molar-refractivity contribution in [2.75, 3.05) is 40.0 Å². The Bertz CT molecular complexity index is 373. The van der Waals surface area contributed by atoms with E-state index in [4.69, 9.17) is 4.74 Å². The molecule has 2 rings (SSSR count). The first kappa shape index (κ1) is 22.0. The monoisotopic (exact) mass is 453 g/mol. The highest BCUT2D eigenvalue weighted by Gasteiger charge is 2.34. The zero-order valence-electron chi connectivity index (χ0n) is 15.4. The van der Waals surface area contributed by atoms with Gasteiger partial charge in [-0.05, 0) is 37.5 Å². The predicted molar refractivity (Wildman–Crippen MR) is 110 cm³/mol. The molecule has 3 unspecified atom stereocenters. The topological polar surface area (TPSA) is 65.9 Å². The minimum Gasteiger partial charge on any atom is -0.396 e. The lowest BCUT2D eigenvalue weighted by Crippen LogP contribution is -2.45. The van der Waals surface area contributed by atoms with E-state index in [1.165, 1.54) is 32.1 Å². The van der Waals surface area contributed by atoms with Gasteiger partial charge >= 0.3 is 0 Å². The fourth-order valence-corrected chi connectivity index (χ4v) is 4.02. The van der Waals surface area contributed by atoms with E-state index < -0.39 is 0 Å². The van der Waals surface area contributed by atoms with E-state index in [1.54, 1.807) is 0 Å². The number of guanidine groups is 1. The molecule has 1 aliphatic carbocycles. The van der Waals surface area contributed by atoms with Gasteiger partial charge in [0, 0.05) is 38.8 Å². The summed E-state index contributed by atoms with van der Waals surface area (Å²) in [5, 5.41) is 16.2. The van der Waals surface area contributed by atoms with E-state index >= 15 is 0 Å². The molecular weight excluding hydrogens is 417 g/mol. The van der Waals surface area contributed by atoms with E-state index in [2.05, 4.69) is 22.5 Å². The van der Waals surface area contributed by atoms with Gasteiger partial charge in [0.1, 0.15) is 0 Å². The third-order valence-electron chi connectivity index (χ3n) is 5.57. The molecule has 142 valence electrons. The van der Waals surface area contributed by atoms with Crippen LogP contribution in [0.2, 0.25) is 0 Å². The Morgan fingerprint density at radius 3 is 2.79 bits per heavy atom. The average Bonchev–Trinajstić information content (AvgIpc) is 3.00. The second-order valence-corrected chi connectivity index (χ2v) is 7.56. The first-order valence-corrected chi connectivity index (χ1v) is 9.30. The van der Waals surface area contributed by atoms with Crippen LogP contribution in [0.25, 0.3) is 0 Å². The Morgan fingerprint density at radius 1 is 1.33 bits per heavy atom. The molecule has 24 heavy (non-hydrogen) atoms. The SMILES string of the molecule is CN=C(NCCC1CCCC(C)C1)NCC1(CCO)CCOC1.I. The van der Waals surface area contributed by atoms with E-state index in [0.717, 1.165) is 56.9 Å². The lowest BCUT2D eigenvalue weighted by atomic mass is 9.81. The molecule has 5 nitrogen and oxygen atoms in total. The summed E-state index contributed by atoms with van der Waals surface area (Å²) in [4.78, 5) is 4.33. The molecule has 0 aromatic rings. The van der Waals surface area contributed by atoms with Crippen LogP contribution in [0, 0.1) is 17.3 Å². The highest BCUT2D eigenvalue weighted by molar-refractivity contribution is 14.0. The molecule has 1 heterocycles. The number of rotatable bonds is 7. The van der Waals surface area contributed by atoms with Gasteiger partial charge in [0.15, 0.2) is 5.96 Å². The standard InChI is InChI=1S/C18H35N3O2.HI/c1-15-4-3-5-16(12-15)6-9-20-17(19-2)21-13-18(7-10-22)8-11-23-14-18;/h15-16,22H,3-14H2,1-2H3,(H2,19,20,21);1H. The summed E-state index contributed by atoms with van der Waals surface area (Å²) in [6, 6.07) is 0. The molecule has 6 heteroatoms. The highest BCUT2D eigenvalue weighted by Crippen LogP contribution is 2.31. The highest BCUT2D eigenvalue weighted by atomic mass is 127. The van der Waals surface area contributed by atoms with Crippen molar-refractivity contribution < 1.29 is 9.84 Å².